The van der Waals surface area contributed by atoms with Gasteiger partial charge in [0.05, 0.1) is 0 Å². The first-order valence-corrected chi connectivity index (χ1v) is 7.73. The van der Waals surface area contributed by atoms with Gasteiger partial charge in [0.15, 0.2) is 12.4 Å². The Labute approximate surface area is 137 Å². The van der Waals surface area contributed by atoms with E-state index < -0.39 is 17.5 Å². The summed E-state index contributed by atoms with van der Waals surface area (Å²) in [4.78, 5) is 23.5. The van der Waals surface area contributed by atoms with Crippen molar-refractivity contribution >= 4 is 44.9 Å². The number of thiophene rings is 1. The van der Waals surface area contributed by atoms with E-state index in [2.05, 4.69) is 0 Å². The number of hydrogen-bond acceptors (Lipinski definition) is 5. The van der Waals surface area contributed by atoms with Gasteiger partial charge in [0, 0.05) is 15.1 Å². The van der Waals surface area contributed by atoms with Gasteiger partial charge in [0.1, 0.15) is 10.5 Å². The van der Waals surface area contributed by atoms with Crippen LogP contribution in [0.3, 0.4) is 0 Å². The molecule has 0 saturated heterocycles. The summed E-state index contributed by atoms with van der Waals surface area (Å²) in [6.45, 7) is 5.00. The minimum absolute atomic E-state index is 0.251. The lowest BCUT2D eigenvalue weighted by molar-refractivity contribution is -0.157. The Morgan fingerprint density at radius 3 is 2.59 bits per heavy atom. The van der Waals surface area contributed by atoms with E-state index in [4.69, 9.17) is 26.8 Å². The van der Waals surface area contributed by atoms with Crippen LogP contribution in [0.2, 0.25) is 5.02 Å². The number of fused-ring (bicyclic) bond motifs is 1. The summed E-state index contributed by atoms with van der Waals surface area (Å²) in [6.07, 6.45) is 0. The number of nitrogens with two attached hydrogens (primary N) is 1. The highest BCUT2D eigenvalue weighted by atomic mass is 35.5. The number of halogens is 1. The van der Waals surface area contributed by atoms with Gasteiger partial charge in [-0.25, -0.2) is 4.79 Å². The van der Waals surface area contributed by atoms with Crippen LogP contribution in [0.15, 0.2) is 18.2 Å². The van der Waals surface area contributed by atoms with Gasteiger partial charge in [0.25, 0.3) is 5.91 Å². The van der Waals surface area contributed by atoms with Crippen molar-refractivity contribution in [2.24, 2.45) is 5.73 Å². The van der Waals surface area contributed by atoms with E-state index in [1.165, 1.54) is 11.3 Å². The topological polar surface area (TPSA) is 78.6 Å². The van der Waals surface area contributed by atoms with Gasteiger partial charge in [-0.1, -0.05) is 11.6 Å². The zero-order valence-electron chi connectivity index (χ0n) is 12.4. The molecule has 2 rings (SSSR count). The van der Waals surface area contributed by atoms with Gasteiger partial charge in [-0.15, -0.1) is 11.3 Å². The number of primary amides is 1. The quantitative estimate of drug-likeness (QED) is 0.865. The molecule has 2 aromatic rings. The molecule has 0 atom stereocenters. The third-order valence-corrected chi connectivity index (χ3v) is 3.97. The lowest BCUT2D eigenvalue weighted by Gasteiger charge is -2.19. The van der Waals surface area contributed by atoms with E-state index in [0.717, 1.165) is 4.70 Å². The minimum Gasteiger partial charge on any atom is -0.480 e. The molecule has 0 fully saturated rings. The van der Waals surface area contributed by atoms with Crippen molar-refractivity contribution in [2.75, 3.05) is 6.61 Å². The normalized spacial score (nSPS) is 11.5. The van der Waals surface area contributed by atoms with Crippen molar-refractivity contribution in [1.82, 2.24) is 0 Å². The van der Waals surface area contributed by atoms with Gasteiger partial charge in [-0.3, -0.25) is 4.79 Å². The van der Waals surface area contributed by atoms with Gasteiger partial charge in [-0.2, -0.15) is 0 Å². The molecule has 0 aliphatic heterocycles. The molecule has 118 valence electrons. The Balaban J connectivity index is 2.28. The maximum atomic E-state index is 11.7. The second-order valence-corrected chi connectivity index (χ2v) is 7.13. The maximum Gasteiger partial charge on any atom is 0.344 e. The Morgan fingerprint density at radius 2 is 2.00 bits per heavy atom. The average Bonchev–Trinajstić information content (AvgIpc) is 2.72. The van der Waals surface area contributed by atoms with E-state index in [9.17, 15) is 9.59 Å². The molecule has 0 aliphatic rings. The molecule has 0 radical (unpaired) electrons. The maximum absolute atomic E-state index is 11.7. The Bertz CT molecular complexity index is 733. The number of esters is 1. The molecule has 2 N–H and O–H groups in total. The highest BCUT2D eigenvalue weighted by Crippen LogP contribution is 2.38. The minimum atomic E-state index is -0.614. The Kier molecular flexibility index (Phi) is 4.63. The number of carbonyl (C=O) groups excluding carboxylic acids is 2. The Hall–Kier alpha value is -1.79. The van der Waals surface area contributed by atoms with Crippen LogP contribution < -0.4 is 10.5 Å². The first-order valence-electron chi connectivity index (χ1n) is 6.54. The summed E-state index contributed by atoms with van der Waals surface area (Å²) in [5, 5.41) is 1.23. The van der Waals surface area contributed by atoms with Crippen molar-refractivity contribution in [2.45, 2.75) is 26.4 Å². The number of carbonyl (C=O) groups is 2. The lowest BCUT2D eigenvalue weighted by atomic mass is 10.2. The van der Waals surface area contributed by atoms with Crippen molar-refractivity contribution in [3.05, 3.63) is 28.1 Å². The van der Waals surface area contributed by atoms with Gasteiger partial charge >= 0.3 is 5.97 Å². The highest BCUT2D eigenvalue weighted by Gasteiger charge is 2.21. The molecule has 1 amide bonds. The smallest absolute Gasteiger partial charge is 0.344 e. The number of hydrogen-bond donors (Lipinski definition) is 1. The third kappa shape index (κ3) is 3.90. The van der Waals surface area contributed by atoms with Crippen LogP contribution in [0.5, 0.6) is 5.75 Å². The number of rotatable bonds is 4. The molecule has 0 bridgehead atoms. The van der Waals surface area contributed by atoms with Crippen LogP contribution in [0.1, 0.15) is 30.4 Å². The Morgan fingerprint density at radius 1 is 1.32 bits per heavy atom. The van der Waals surface area contributed by atoms with Crippen molar-refractivity contribution in [3.8, 4) is 5.75 Å². The molecular weight excluding hydrogens is 326 g/mol. The average molecular weight is 342 g/mol. The van der Waals surface area contributed by atoms with Crippen LogP contribution in [0.25, 0.3) is 10.1 Å². The summed E-state index contributed by atoms with van der Waals surface area (Å²) >= 11 is 7.11. The molecule has 0 aliphatic carbocycles. The molecule has 1 heterocycles. The third-order valence-electron chi connectivity index (χ3n) is 2.58. The summed E-state index contributed by atoms with van der Waals surface area (Å²) in [5.41, 5.74) is 4.77. The van der Waals surface area contributed by atoms with E-state index in [-0.39, 0.29) is 17.2 Å². The largest absolute Gasteiger partial charge is 0.480 e. The van der Waals surface area contributed by atoms with Crippen molar-refractivity contribution in [3.63, 3.8) is 0 Å². The molecule has 7 heteroatoms. The predicted molar refractivity (Wildman–Crippen MR) is 86.7 cm³/mol. The summed E-state index contributed by atoms with van der Waals surface area (Å²) in [5.74, 6) is -0.845. The number of ether oxygens (including phenoxy) is 2. The van der Waals surface area contributed by atoms with Crippen molar-refractivity contribution in [1.29, 1.82) is 0 Å². The van der Waals surface area contributed by atoms with Crippen LogP contribution >= 0.6 is 22.9 Å². The standard InChI is InChI=1S/C15H16ClNO4S/c1-15(2,3)21-11(18)7-20-12-9-5-4-8(16)6-10(9)22-13(12)14(17)19/h4-6H,7H2,1-3H3,(H2,17,19). The first kappa shape index (κ1) is 16.6. The highest BCUT2D eigenvalue weighted by molar-refractivity contribution is 7.21. The molecule has 22 heavy (non-hydrogen) atoms. The van der Waals surface area contributed by atoms with E-state index in [1.807, 2.05) is 0 Å². The fourth-order valence-electron chi connectivity index (χ4n) is 1.85. The fraction of sp³-hybridized carbons (Fsp3) is 0.333. The summed E-state index contributed by atoms with van der Waals surface area (Å²) < 4.78 is 11.4. The molecule has 0 unspecified atom stereocenters. The molecule has 0 spiro atoms. The van der Waals surface area contributed by atoms with Crippen LogP contribution in [0.4, 0.5) is 0 Å². The van der Waals surface area contributed by atoms with Gasteiger partial charge < -0.3 is 15.2 Å². The van der Waals surface area contributed by atoms with Crippen LogP contribution in [-0.2, 0) is 9.53 Å². The van der Waals surface area contributed by atoms with Crippen LogP contribution in [0, 0.1) is 0 Å². The molecular formula is C15H16ClNO4S. The fourth-order valence-corrected chi connectivity index (χ4v) is 3.13. The van der Waals surface area contributed by atoms with Crippen LogP contribution in [-0.4, -0.2) is 24.1 Å². The monoisotopic (exact) mass is 341 g/mol. The first-order chi connectivity index (χ1) is 10.2. The predicted octanol–water partition coefficient (Wildman–Crippen LogP) is 3.37. The van der Waals surface area contributed by atoms with E-state index >= 15 is 0 Å². The number of amides is 1. The summed E-state index contributed by atoms with van der Waals surface area (Å²) in [7, 11) is 0. The second-order valence-electron chi connectivity index (χ2n) is 5.64. The lowest BCUT2D eigenvalue weighted by Crippen LogP contribution is -2.27. The van der Waals surface area contributed by atoms with Gasteiger partial charge in [-0.05, 0) is 39.0 Å². The second kappa shape index (κ2) is 6.14. The summed E-state index contributed by atoms with van der Waals surface area (Å²) in [6, 6.07) is 5.13. The molecule has 5 nitrogen and oxygen atoms in total. The zero-order valence-corrected chi connectivity index (χ0v) is 14.0. The number of benzene rings is 1. The van der Waals surface area contributed by atoms with E-state index in [0.29, 0.717) is 10.4 Å². The van der Waals surface area contributed by atoms with Crippen molar-refractivity contribution < 1.29 is 19.1 Å². The molecule has 0 saturated carbocycles. The molecule has 1 aromatic carbocycles. The van der Waals surface area contributed by atoms with E-state index in [1.54, 1.807) is 39.0 Å². The molecule has 1 aromatic heterocycles. The van der Waals surface area contributed by atoms with Gasteiger partial charge in [0.2, 0.25) is 0 Å². The SMILES string of the molecule is CC(C)(C)OC(=O)COc1c(C(N)=O)sc2cc(Cl)ccc12. The zero-order chi connectivity index (χ0) is 16.5.